The molecule has 3 heteroatoms. The fourth-order valence-corrected chi connectivity index (χ4v) is 1.87. The Balaban J connectivity index is 2.16. The maximum atomic E-state index is 11.5. The number of rotatable bonds is 6. The van der Waals surface area contributed by atoms with E-state index in [4.69, 9.17) is 0 Å². The summed E-state index contributed by atoms with van der Waals surface area (Å²) in [7, 11) is 0. The smallest absolute Gasteiger partial charge is 0.163 e. The number of hydrogen-bond donors (Lipinski definition) is 1. The SMILES string of the molecule is CC(C)NCCCC(=O)c1ccsc1. The largest absolute Gasteiger partial charge is 0.315 e. The molecule has 1 rings (SSSR count). The summed E-state index contributed by atoms with van der Waals surface area (Å²) in [6, 6.07) is 2.40. The monoisotopic (exact) mass is 211 g/mol. The third kappa shape index (κ3) is 4.03. The summed E-state index contributed by atoms with van der Waals surface area (Å²) < 4.78 is 0. The van der Waals surface area contributed by atoms with Gasteiger partial charge in [-0.05, 0) is 24.4 Å². The third-order valence-electron chi connectivity index (χ3n) is 1.98. The van der Waals surface area contributed by atoms with Gasteiger partial charge in [-0.1, -0.05) is 13.8 Å². The van der Waals surface area contributed by atoms with E-state index in [1.807, 2.05) is 16.8 Å². The molecule has 2 nitrogen and oxygen atoms in total. The normalized spacial score (nSPS) is 10.8. The zero-order valence-electron chi connectivity index (χ0n) is 8.75. The van der Waals surface area contributed by atoms with E-state index in [0.29, 0.717) is 12.5 Å². The Labute approximate surface area is 89.3 Å². The minimum absolute atomic E-state index is 0.261. The fourth-order valence-electron chi connectivity index (χ4n) is 1.21. The second kappa shape index (κ2) is 5.94. The first-order valence-corrected chi connectivity index (χ1v) is 5.93. The molecule has 0 bridgehead atoms. The van der Waals surface area contributed by atoms with Crippen LogP contribution in [0.5, 0.6) is 0 Å². The number of nitrogens with one attached hydrogen (secondary N) is 1. The van der Waals surface area contributed by atoms with E-state index < -0.39 is 0 Å². The number of carbonyl (C=O) groups excluding carboxylic acids is 1. The molecule has 0 saturated heterocycles. The van der Waals surface area contributed by atoms with Gasteiger partial charge in [0.15, 0.2) is 5.78 Å². The molecular formula is C11H17NOS. The standard InChI is InChI=1S/C11H17NOS/c1-9(2)12-6-3-4-11(13)10-5-7-14-8-10/h5,7-9,12H,3-4,6H2,1-2H3. The maximum absolute atomic E-state index is 11.5. The number of hydrogen-bond acceptors (Lipinski definition) is 3. The summed E-state index contributed by atoms with van der Waals surface area (Å²) in [6.45, 7) is 5.15. The highest BCUT2D eigenvalue weighted by Gasteiger charge is 2.05. The molecule has 0 aromatic carbocycles. The van der Waals surface area contributed by atoms with Gasteiger partial charge >= 0.3 is 0 Å². The zero-order chi connectivity index (χ0) is 10.4. The minimum atomic E-state index is 0.261. The van der Waals surface area contributed by atoms with Gasteiger partial charge < -0.3 is 5.32 Å². The minimum Gasteiger partial charge on any atom is -0.315 e. The topological polar surface area (TPSA) is 29.1 Å². The van der Waals surface area contributed by atoms with E-state index in [9.17, 15) is 4.79 Å². The molecule has 0 saturated carbocycles. The highest BCUT2D eigenvalue weighted by Crippen LogP contribution is 2.09. The number of thiophene rings is 1. The molecule has 0 unspecified atom stereocenters. The van der Waals surface area contributed by atoms with E-state index in [2.05, 4.69) is 19.2 Å². The Morgan fingerprint density at radius 3 is 2.93 bits per heavy atom. The van der Waals surface area contributed by atoms with Gasteiger partial charge in [-0.25, -0.2) is 0 Å². The van der Waals surface area contributed by atoms with Gasteiger partial charge in [0.05, 0.1) is 0 Å². The van der Waals surface area contributed by atoms with Crippen molar-refractivity contribution in [3.05, 3.63) is 22.4 Å². The number of ketones is 1. The van der Waals surface area contributed by atoms with Crippen molar-refractivity contribution in [2.24, 2.45) is 0 Å². The molecule has 1 N–H and O–H groups in total. The first kappa shape index (κ1) is 11.4. The van der Waals surface area contributed by atoms with Crippen molar-refractivity contribution in [2.45, 2.75) is 32.7 Å². The Bertz CT molecular complexity index is 267. The first-order chi connectivity index (χ1) is 6.70. The molecule has 0 aliphatic heterocycles. The van der Waals surface area contributed by atoms with Crippen molar-refractivity contribution in [1.82, 2.24) is 5.32 Å². The Kier molecular flexibility index (Phi) is 4.84. The van der Waals surface area contributed by atoms with Crippen LogP contribution in [0.15, 0.2) is 16.8 Å². The van der Waals surface area contributed by atoms with Gasteiger partial charge in [0.1, 0.15) is 0 Å². The second-order valence-electron chi connectivity index (χ2n) is 3.65. The van der Waals surface area contributed by atoms with Gasteiger partial charge in [-0.15, -0.1) is 0 Å². The Hall–Kier alpha value is -0.670. The van der Waals surface area contributed by atoms with Crippen LogP contribution in [-0.2, 0) is 0 Å². The van der Waals surface area contributed by atoms with Crippen LogP contribution in [0, 0.1) is 0 Å². The van der Waals surface area contributed by atoms with E-state index in [1.54, 1.807) is 11.3 Å². The second-order valence-corrected chi connectivity index (χ2v) is 4.43. The first-order valence-electron chi connectivity index (χ1n) is 4.99. The summed E-state index contributed by atoms with van der Waals surface area (Å²) in [4.78, 5) is 11.5. The Morgan fingerprint density at radius 2 is 2.36 bits per heavy atom. The van der Waals surface area contributed by atoms with Gasteiger partial charge in [0.25, 0.3) is 0 Å². The van der Waals surface area contributed by atoms with E-state index in [0.717, 1.165) is 18.5 Å². The lowest BCUT2D eigenvalue weighted by atomic mass is 10.1. The zero-order valence-corrected chi connectivity index (χ0v) is 9.56. The van der Waals surface area contributed by atoms with Gasteiger partial charge in [-0.2, -0.15) is 11.3 Å². The van der Waals surface area contributed by atoms with Crippen molar-refractivity contribution in [2.75, 3.05) is 6.54 Å². The quantitative estimate of drug-likeness (QED) is 0.579. The molecule has 78 valence electrons. The van der Waals surface area contributed by atoms with Crippen molar-refractivity contribution >= 4 is 17.1 Å². The summed E-state index contributed by atoms with van der Waals surface area (Å²) in [5.41, 5.74) is 0.861. The average Bonchev–Trinajstić information content (AvgIpc) is 2.64. The van der Waals surface area contributed by atoms with E-state index in [-0.39, 0.29) is 5.78 Å². The Morgan fingerprint density at radius 1 is 1.57 bits per heavy atom. The van der Waals surface area contributed by atoms with E-state index in [1.165, 1.54) is 0 Å². The van der Waals surface area contributed by atoms with Crippen LogP contribution in [0.2, 0.25) is 0 Å². The number of carbonyl (C=O) groups is 1. The van der Waals surface area contributed by atoms with Gasteiger partial charge in [0, 0.05) is 23.4 Å². The lowest BCUT2D eigenvalue weighted by molar-refractivity contribution is 0.0980. The summed E-state index contributed by atoms with van der Waals surface area (Å²) in [5.74, 6) is 0.261. The molecule has 0 spiro atoms. The molecular weight excluding hydrogens is 194 g/mol. The summed E-state index contributed by atoms with van der Waals surface area (Å²) >= 11 is 1.58. The van der Waals surface area contributed by atoms with Crippen LogP contribution < -0.4 is 5.32 Å². The average molecular weight is 211 g/mol. The predicted octanol–water partition coefficient (Wildman–Crippen LogP) is 2.71. The molecule has 0 aliphatic rings. The van der Waals surface area contributed by atoms with Gasteiger partial charge in [0.2, 0.25) is 0 Å². The van der Waals surface area contributed by atoms with Crippen molar-refractivity contribution in [3.63, 3.8) is 0 Å². The molecule has 1 aromatic rings. The van der Waals surface area contributed by atoms with Crippen LogP contribution >= 0.6 is 11.3 Å². The van der Waals surface area contributed by atoms with Crippen LogP contribution in [0.1, 0.15) is 37.0 Å². The third-order valence-corrected chi connectivity index (χ3v) is 2.66. The molecule has 0 aliphatic carbocycles. The highest BCUT2D eigenvalue weighted by atomic mass is 32.1. The fraction of sp³-hybridized carbons (Fsp3) is 0.545. The van der Waals surface area contributed by atoms with Crippen molar-refractivity contribution in [3.8, 4) is 0 Å². The molecule has 0 atom stereocenters. The molecule has 0 amide bonds. The lowest BCUT2D eigenvalue weighted by Crippen LogP contribution is -2.24. The lowest BCUT2D eigenvalue weighted by Gasteiger charge is -2.06. The summed E-state index contributed by atoms with van der Waals surface area (Å²) in [5, 5.41) is 7.16. The summed E-state index contributed by atoms with van der Waals surface area (Å²) in [6.07, 6.45) is 1.57. The van der Waals surface area contributed by atoms with E-state index >= 15 is 0 Å². The van der Waals surface area contributed by atoms with Crippen LogP contribution in [0.3, 0.4) is 0 Å². The van der Waals surface area contributed by atoms with Crippen LogP contribution in [0.4, 0.5) is 0 Å². The molecule has 1 aromatic heterocycles. The molecule has 1 heterocycles. The molecule has 0 radical (unpaired) electrons. The molecule has 0 fully saturated rings. The van der Waals surface area contributed by atoms with Gasteiger partial charge in [-0.3, -0.25) is 4.79 Å². The predicted molar refractivity (Wildman–Crippen MR) is 61.0 cm³/mol. The molecule has 14 heavy (non-hydrogen) atoms. The number of Topliss-reactive ketones (excluding diaryl/α,β-unsaturated/α-hetero) is 1. The highest BCUT2D eigenvalue weighted by molar-refractivity contribution is 7.08. The maximum Gasteiger partial charge on any atom is 0.163 e. The van der Waals surface area contributed by atoms with Crippen molar-refractivity contribution < 1.29 is 4.79 Å². The van der Waals surface area contributed by atoms with Crippen LogP contribution in [-0.4, -0.2) is 18.4 Å². The van der Waals surface area contributed by atoms with Crippen LogP contribution in [0.25, 0.3) is 0 Å². The van der Waals surface area contributed by atoms with Crippen molar-refractivity contribution in [1.29, 1.82) is 0 Å².